The van der Waals surface area contributed by atoms with Crippen LogP contribution in [0.25, 0.3) is 10.2 Å². The Bertz CT molecular complexity index is 761. The van der Waals surface area contributed by atoms with Crippen LogP contribution in [0.1, 0.15) is 51.9 Å². The Balaban J connectivity index is 1.60. The molecule has 2 aromatic heterocycles. The summed E-state index contributed by atoms with van der Waals surface area (Å²) in [5.74, 6) is 1.92. The van der Waals surface area contributed by atoms with Gasteiger partial charge in [-0.1, -0.05) is 0 Å². The molecule has 1 unspecified atom stereocenters. The molecule has 0 radical (unpaired) electrons. The summed E-state index contributed by atoms with van der Waals surface area (Å²) in [5, 5.41) is 4.10. The number of aryl methyl sites for hydroxylation is 2. The normalized spacial score (nSPS) is 21.0. The van der Waals surface area contributed by atoms with Crippen LogP contribution in [0.5, 0.6) is 0 Å². The van der Waals surface area contributed by atoms with Crippen LogP contribution in [-0.4, -0.2) is 35.6 Å². The van der Waals surface area contributed by atoms with Gasteiger partial charge in [0.05, 0.1) is 17.2 Å². The first-order chi connectivity index (χ1) is 11.1. The number of amides is 1. The molecule has 2 fully saturated rings. The molecule has 1 atom stereocenters. The number of fused-ring (bicyclic) bond motifs is 1. The van der Waals surface area contributed by atoms with Crippen molar-refractivity contribution in [3.05, 3.63) is 22.0 Å². The minimum atomic E-state index is 0.00442. The summed E-state index contributed by atoms with van der Waals surface area (Å²) in [5.41, 5.74) is 2.00. The number of nitrogens with one attached hydrogen (secondary N) is 1. The fourth-order valence-electron chi connectivity index (χ4n) is 3.16. The first-order valence-corrected chi connectivity index (χ1v) is 9.08. The second kappa shape index (κ2) is 5.83. The van der Waals surface area contributed by atoms with Crippen molar-refractivity contribution in [2.24, 2.45) is 5.92 Å². The van der Waals surface area contributed by atoms with Gasteiger partial charge in [-0.25, -0.2) is 9.97 Å². The Labute approximate surface area is 139 Å². The summed E-state index contributed by atoms with van der Waals surface area (Å²) in [6.07, 6.45) is 3.40. The van der Waals surface area contributed by atoms with E-state index in [-0.39, 0.29) is 5.91 Å². The molecule has 23 heavy (non-hydrogen) atoms. The van der Waals surface area contributed by atoms with Crippen LogP contribution in [0, 0.1) is 19.8 Å². The standard InChI is InChI=1S/C17H21N3O2S/c1-9-13-10(2)19-15(12-3-4-12)20-17(13)23-14(9)16(21)18-7-11-5-6-22-8-11/h11-12H,3-8H2,1-2H3,(H,18,21). The summed E-state index contributed by atoms with van der Waals surface area (Å²) >= 11 is 1.49. The number of thiophene rings is 1. The van der Waals surface area contributed by atoms with Crippen LogP contribution in [-0.2, 0) is 4.74 Å². The maximum absolute atomic E-state index is 12.5. The van der Waals surface area contributed by atoms with Gasteiger partial charge in [-0.15, -0.1) is 11.3 Å². The molecule has 1 N–H and O–H groups in total. The zero-order valence-corrected chi connectivity index (χ0v) is 14.3. The maximum atomic E-state index is 12.5. The van der Waals surface area contributed by atoms with E-state index in [2.05, 4.69) is 10.3 Å². The zero-order valence-electron chi connectivity index (χ0n) is 13.5. The smallest absolute Gasteiger partial charge is 0.261 e. The third-order valence-electron chi connectivity index (χ3n) is 4.71. The predicted octanol–water partition coefficient (Wildman–Crippen LogP) is 2.95. The van der Waals surface area contributed by atoms with E-state index in [1.165, 1.54) is 24.2 Å². The van der Waals surface area contributed by atoms with Crippen molar-refractivity contribution >= 4 is 27.5 Å². The van der Waals surface area contributed by atoms with Crippen molar-refractivity contribution in [2.45, 2.75) is 39.0 Å². The minimum Gasteiger partial charge on any atom is -0.381 e. The summed E-state index contributed by atoms with van der Waals surface area (Å²) in [7, 11) is 0. The Morgan fingerprint density at radius 3 is 2.83 bits per heavy atom. The molecule has 1 saturated carbocycles. The molecule has 1 saturated heterocycles. The van der Waals surface area contributed by atoms with E-state index in [1.54, 1.807) is 0 Å². The third-order valence-corrected chi connectivity index (χ3v) is 5.90. The first-order valence-electron chi connectivity index (χ1n) is 8.27. The number of aromatic nitrogens is 2. The fourth-order valence-corrected chi connectivity index (χ4v) is 4.32. The second-order valence-electron chi connectivity index (χ2n) is 6.62. The van der Waals surface area contributed by atoms with E-state index in [9.17, 15) is 4.79 Å². The highest BCUT2D eigenvalue weighted by atomic mass is 32.1. The molecule has 5 nitrogen and oxygen atoms in total. The molecule has 4 rings (SSSR count). The Morgan fingerprint density at radius 2 is 2.13 bits per heavy atom. The average molecular weight is 331 g/mol. The Hall–Kier alpha value is -1.53. The number of carbonyl (C=O) groups excluding carboxylic acids is 1. The molecule has 2 aliphatic rings. The van der Waals surface area contributed by atoms with Crippen LogP contribution in [0.3, 0.4) is 0 Å². The van der Waals surface area contributed by atoms with Gasteiger partial charge in [-0.2, -0.15) is 0 Å². The van der Waals surface area contributed by atoms with Gasteiger partial charge >= 0.3 is 0 Å². The molecule has 0 bridgehead atoms. The average Bonchev–Trinajstić information content (AvgIpc) is 3.15. The topological polar surface area (TPSA) is 64.1 Å². The summed E-state index contributed by atoms with van der Waals surface area (Å²) in [4.78, 5) is 23.6. The van der Waals surface area contributed by atoms with Gasteiger partial charge in [0, 0.05) is 30.4 Å². The minimum absolute atomic E-state index is 0.00442. The molecule has 2 aromatic rings. The number of nitrogens with zero attached hydrogens (tertiary/aromatic N) is 2. The van der Waals surface area contributed by atoms with E-state index >= 15 is 0 Å². The van der Waals surface area contributed by atoms with E-state index in [1.807, 2.05) is 13.8 Å². The Kier molecular flexibility index (Phi) is 3.81. The third kappa shape index (κ3) is 2.85. The van der Waals surface area contributed by atoms with Gasteiger partial charge < -0.3 is 10.1 Å². The molecular weight excluding hydrogens is 310 g/mol. The quantitative estimate of drug-likeness (QED) is 0.935. The van der Waals surface area contributed by atoms with Gasteiger partial charge in [0.25, 0.3) is 5.91 Å². The van der Waals surface area contributed by atoms with E-state index in [4.69, 9.17) is 9.72 Å². The number of hydrogen-bond acceptors (Lipinski definition) is 5. The second-order valence-corrected chi connectivity index (χ2v) is 7.62. The number of hydrogen-bond donors (Lipinski definition) is 1. The maximum Gasteiger partial charge on any atom is 0.261 e. The highest BCUT2D eigenvalue weighted by Gasteiger charge is 2.28. The van der Waals surface area contributed by atoms with Crippen LogP contribution in [0.2, 0.25) is 0 Å². The number of carbonyl (C=O) groups is 1. The van der Waals surface area contributed by atoms with Gasteiger partial charge in [-0.3, -0.25) is 4.79 Å². The predicted molar refractivity (Wildman–Crippen MR) is 90.1 cm³/mol. The monoisotopic (exact) mass is 331 g/mol. The van der Waals surface area contributed by atoms with Gasteiger partial charge in [-0.05, 0) is 38.7 Å². The molecule has 1 amide bonds. The number of rotatable bonds is 4. The van der Waals surface area contributed by atoms with Crippen molar-refractivity contribution in [1.82, 2.24) is 15.3 Å². The molecular formula is C17H21N3O2S. The molecule has 1 aliphatic carbocycles. The van der Waals surface area contributed by atoms with Crippen molar-refractivity contribution in [3.8, 4) is 0 Å². The summed E-state index contributed by atoms with van der Waals surface area (Å²) in [6.45, 7) is 6.26. The van der Waals surface area contributed by atoms with E-state index < -0.39 is 0 Å². The molecule has 3 heterocycles. The zero-order chi connectivity index (χ0) is 16.0. The molecule has 122 valence electrons. The van der Waals surface area contributed by atoms with Crippen LogP contribution >= 0.6 is 11.3 Å². The van der Waals surface area contributed by atoms with Crippen LogP contribution in [0.4, 0.5) is 0 Å². The van der Waals surface area contributed by atoms with Gasteiger partial charge in [0.1, 0.15) is 10.7 Å². The molecule has 6 heteroatoms. The lowest BCUT2D eigenvalue weighted by Gasteiger charge is -2.08. The number of ether oxygens (including phenoxy) is 1. The van der Waals surface area contributed by atoms with Crippen LogP contribution < -0.4 is 5.32 Å². The van der Waals surface area contributed by atoms with Crippen molar-refractivity contribution in [2.75, 3.05) is 19.8 Å². The van der Waals surface area contributed by atoms with Crippen LogP contribution in [0.15, 0.2) is 0 Å². The molecule has 0 aromatic carbocycles. The highest BCUT2D eigenvalue weighted by molar-refractivity contribution is 7.20. The fraction of sp³-hybridized carbons (Fsp3) is 0.588. The lowest BCUT2D eigenvalue weighted by atomic mass is 10.1. The lowest BCUT2D eigenvalue weighted by Crippen LogP contribution is -2.29. The SMILES string of the molecule is Cc1nc(C2CC2)nc2sc(C(=O)NCC3CCOC3)c(C)c12. The highest BCUT2D eigenvalue weighted by Crippen LogP contribution is 2.40. The summed E-state index contributed by atoms with van der Waals surface area (Å²) < 4.78 is 5.36. The van der Waals surface area contributed by atoms with Crippen molar-refractivity contribution in [3.63, 3.8) is 0 Å². The first kappa shape index (κ1) is 15.0. The molecule has 1 aliphatic heterocycles. The van der Waals surface area contributed by atoms with Crippen molar-refractivity contribution < 1.29 is 9.53 Å². The van der Waals surface area contributed by atoms with Crippen molar-refractivity contribution in [1.29, 1.82) is 0 Å². The van der Waals surface area contributed by atoms with E-state index in [0.29, 0.717) is 18.4 Å². The molecule has 0 spiro atoms. The summed E-state index contributed by atoms with van der Waals surface area (Å²) in [6, 6.07) is 0. The largest absolute Gasteiger partial charge is 0.381 e. The van der Waals surface area contributed by atoms with E-state index in [0.717, 1.165) is 51.8 Å². The van der Waals surface area contributed by atoms with Gasteiger partial charge in [0.2, 0.25) is 0 Å². The lowest BCUT2D eigenvalue weighted by molar-refractivity contribution is 0.0948. The van der Waals surface area contributed by atoms with Gasteiger partial charge in [0.15, 0.2) is 0 Å². The Morgan fingerprint density at radius 1 is 1.30 bits per heavy atom.